The molecule has 0 aliphatic carbocycles. The zero-order chi connectivity index (χ0) is 12.4. The Hall–Kier alpha value is -0.580. The fraction of sp³-hybridized carbons (Fsp3) is 0.769. The lowest BCUT2D eigenvalue weighted by Crippen LogP contribution is -2.28. The molecule has 1 aromatic rings. The Morgan fingerprint density at radius 2 is 2.22 bits per heavy atom. The molecule has 1 aliphatic heterocycles. The van der Waals surface area contributed by atoms with Crippen LogP contribution in [0.1, 0.15) is 38.9 Å². The number of rotatable bonds is 4. The topological polar surface area (TPSA) is 47.1 Å². The highest BCUT2D eigenvalue weighted by Gasteiger charge is 2.28. The first-order valence-electron chi connectivity index (χ1n) is 6.58. The molecule has 0 saturated carbocycles. The van der Waals surface area contributed by atoms with Crippen LogP contribution in [0.15, 0.2) is 12.3 Å². The maximum atomic E-state index is 5.77. The highest BCUT2D eigenvalue weighted by molar-refractivity contribution is 5.85. The van der Waals surface area contributed by atoms with Gasteiger partial charge in [0.15, 0.2) is 0 Å². The van der Waals surface area contributed by atoms with E-state index in [2.05, 4.69) is 41.5 Å². The molecule has 0 amide bonds. The molecule has 1 fully saturated rings. The number of halogens is 1. The van der Waals surface area contributed by atoms with Gasteiger partial charge in [-0.2, -0.15) is 5.10 Å². The Morgan fingerprint density at radius 1 is 1.50 bits per heavy atom. The lowest BCUT2D eigenvalue weighted by molar-refractivity contribution is 0.245. The highest BCUT2D eigenvalue weighted by Crippen LogP contribution is 2.24. The monoisotopic (exact) mass is 272 g/mol. The van der Waals surface area contributed by atoms with E-state index in [0.717, 1.165) is 19.6 Å². The van der Waals surface area contributed by atoms with Crippen LogP contribution in [0, 0.1) is 5.92 Å². The number of nitrogens with zero attached hydrogens (tertiary/aromatic N) is 3. The minimum Gasteiger partial charge on any atom is -0.330 e. The Morgan fingerprint density at radius 3 is 2.78 bits per heavy atom. The summed E-state index contributed by atoms with van der Waals surface area (Å²) in [5.41, 5.74) is 7.08. The van der Waals surface area contributed by atoms with Crippen molar-refractivity contribution >= 4 is 12.4 Å². The summed E-state index contributed by atoms with van der Waals surface area (Å²) in [7, 11) is 0. The number of aromatic nitrogens is 2. The molecule has 0 spiro atoms. The van der Waals surface area contributed by atoms with Crippen molar-refractivity contribution in [3.63, 3.8) is 0 Å². The van der Waals surface area contributed by atoms with Gasteiger partial charge in [0.25, 0.3) is 0 Å². The number of nitrogens with two attached hydrogens (primary N) is 1. The third-order valence-electron chi connectivity index (χ3n) is 3.73. The van der Waals surface area contributed by atoms with Gasteiger partial charge in [0.2, 0.25) is 0 Å². The van der Waals surface area contributed by atoms with Crippen molar-refractivity contribution in [1.82, 2.24) is 14.7 Å². The molecule has 2 heterocycles. The number of hydrogen-bond acceptors (Lipinski definition) is 3. The molecule has 1 aromatic heterocycles. The minimum atomic E-state index is 0. The van der Waals surface area contributed by atoms with Gasteiger partial charge in [-0.1, -0.05) is 0 Å². The van der Waals surface area contributed by atoms with E-state index >= 15 is 0 Å². The Bertz CT molecular complexity index is 364. The molecule has 104 valence electrons. The number of hydrogen-bond donors (Lipinski definition) is 1. The molecule has 0 bridgehead atoms. The summed E-state index contributed by atoms with van der Waals surface area (Å²) < 4.78 is 2.11. The summed E-state index contributed by atoms with van der Waals surface area (Å²) in [5.74, 6) is 0.667. The van der Waals surface area contributed by atoms with Gasteiger partial charge >= 0.3 is 0 Å². The van der Waals surface area contributed by atoms with E-state index in [4.69, 9.17) is 5.73 Å². The van der Waals surface area contributed by atoms with Crippen molar-refractivity contribution in [3.8, 4) is 0 Å². The lowest BCUT2D eigenvalue weighted by Gasteiger charge is -2.22. The molecule has 1 aliphatic rings. The molecule has 18 heavy (non-hydrogen) atoms. The molecule has 2 rings (SSSR count). The van der Waals surface area contributed by atoms with Crippen molar-refractivity contribution < 1.29 is 0 Å². The van der Waals surface area contributed by atoms with Crippen LogP contribution in [-0.2, 0) is 6.54 Å². The van der Waals surface area contributed by atoms with Gasteiger partial charge in [0.05, 0.1) is 5.69 Å². The molecule has 0 radical (unpaired) electrons. The van der Waals surface area contributed by atoms with Crippen molar-refractivity contribution in [2.45, 2.75) is 45.8 Å². The molecular weight excluding hydrogens is 248 g/mol. The third kappa shape index (κ3) is 3.25. The SMILES string of the molecule is CC1CC(CN)CN1Cc1ccnn1C(C)C.Cl. The van der Waals surface area contributed by atoms with E-state index in [-0.39, 0.29) is 12.4 Å². The van der Waals surface area contributed by atoms with Gasteiger partial charge in [0, 0.05) is 31.4 Å². The standard InChI is InChI=1S/C13H24N4.ClH/c1-10(2)17-13(4-5-15-17)9-16-8-12(7-14)6-11(16)3;/h4-5,10-12H,6-9,14H2,1-3H3;1H. The van der Waals surface area contributed by atoms with E-state index in [1.807, 2.05) is 6.20 Å². The van der Waals surface area contributed by atoms with Crippen LogP contribution in [0.25, 0.3) is 0 Å². The van der Waals surface area contributed by atoms with Crippen LogP contribution >= 0.6 is 12.4 Å². The van der Waals surface area contributed by atoms with Crippen molar-refractivity contribution in [1.29, 1.82) is 0 Å². The van der Waals surface area contributed by atoms with Crippen LogP contribution in [-0.4, -0.2) is 33.8 Å². The average Bonchev–Trinajstić information content (AvgIpc) is 2.87. The van der Waals surface area contributed by atoms with Gasteiger partial charge in [-0.25, -0.2) is 0 Å². The fourth-order valence-corrected chi connectivity index (χ4v) is 2.75. The molecule has 4 nitrogen and oxygen atoms in total. The predicted molar refractivity (Wildman–Crippen MR) is 76.9 cm³/mol. The second kappa shape index (κ2) is 6.55. The van der Waals surface area contributed by atoms with Crippen molar-refractivity contribution in [3.05, 3.63) is 18.0 Å². The van der Waals surface area contributed by atoms with E-state index < -0.39 is 0 Å². The summed E-state index contributed by atoms with van der Waals surface area (Å²) in [6.45, 7) is 9.58. The second-order valence-corrected chi connectivity index (χ2v) is 5.48. The minimum absolute atomic E-state index is 0. The summed E-state index contributed by atoms with van der Waals surface area (Å²) in [4.78, 5) is 2.52. The first-order valence-corrected chi connectivity index (χ1v) is 6.58. The predicted octanol–water partition coefficient (Wildman–Crippen LogP) is 2.05. The average molecular weight is 273 g/mol. The first kappa shape index (κ1) is 15.5. The number of likely N-dealkylation sites (tertiary alicyclic amines) is 1. The Balaban J connectivity index is 0.00000162. The quantitative estimate of drug-likeness (QED) is 0.913. The summed E-state index contributed by atoms with van der Waals surface area (Å²) >= 11 is 0. The largest absolute Gasteiger partial charge is 0.330 e. The first-order chi connectivity index (χ1) is 8.11. The van der Waals surface area contributed by atoms with E-state index in [9.17, 15) is 0 Å². The summed E-state index contributed by atoms with van der Waals surface area (Å²) in [6.07, 6.45) is 3.13. The molecule has 0 aromatic carbocycles. The van der Waals surface area contributed by atoms with Gasteiger partial charge in [-0.05, 0) is 45.7 Å². The molecule has 1 saturated heterocycles. The summed E-state index contributed by atoms with van der Waals surface area (Å²) in [6, 6.07) is 3.20. The van der Waals surface area contributed by atoms with E-state index in [1.165, 1.54) is 12.1 Å². The Labute approximate surface area is 116 Å². The van der Waals surface area contributed by atoms with Gasteiger partial charge < -0.3 is 5.73 Å². The normalized spacial score (nSPS) is 24.5. The van der Waals surface area contributed by atoms with Crippen LogP contribution < -0.4 is 5.73 Å². The zero-order valence-corrected chi connectivity index (χ0v) is 12.4. The van der Waals surface area contributed by atoms with Gasteiger partial charge in [-0.3, -0.25) is 9.58 Å². The molecule has 5 heteroatoms. The zero-order valence-electron chi connectivity index (χ0n) is 11.5. The van der Waals surface area contributed by atoms with Crippen LogP contribution in [0.3, 0.4) is 0 Å². The molecule has 2 atom stereocenters. The lowest BCUT2D eigenvalue weighted by atomic mass is 10.1. The third-order valence-corrected chi connectivity index (χ3v) is 3.73. The van der Waals surface area contributed by atoms with Gasteiger partial charge in [0.1, 0.15) is 0 Å². The van der Waals surface area contributed by atoms with Crippen LogP contribution in [0.5, 0.6) is 0 Å². The van der Waals surface area contributed by atoms with E-state index in [1.54, 1.807) is 0 Å². The maximum Gasteiger partial charge on any atom is 0.0527 e. The van der Waals surface area contributed by atoms with E-state index in [0.29, 0.717) is 18.0 Å². The summed E-state index contributed by atoms with van der Waals surface area (Å²) in [5, 5.41) is 4.39. The second-order valence-electron chi connectivity index (χ2n) is 5.48. The Kier molecular flexibility index (Phi) is 5.63. The van der Waals surface area contributed by atoms with Crippen LogP contribution in [0.2, 0.25) is 0 Å². The smallest absolute Gasteiger partial charge is 0.0527 e. The highest BCUT2D eigenvalue weighted by atomic mass is 35.5. The van der Waals surface area contributed by atoms with Crippen molar-refractivity contribution in [2.24, 2.45) is 11.7 Å². The molecule has 2 N–H and O–H groups in total. The van der Waals surface area contributed by atoms with Gasteiger partial charge in [-0.15, -0.1) is 12.4 Å². The maximum absolute atomic E-state index is 5.77. The molecular formula is C13H25ClN4. The molecule has 2 unspecified atom stereocenters. The fourth-order valence-electron chi connectivity index (χ4n) is 2.75. The van der Waals surface area contributed by atoms with Crippen LogP contribution in [0.4, 0.5) is 0 Å². The van der Waals surface area contributed by atoms with Crippen molar-refractivity contribution in [2.75, 3.05) is 13.1 Å².